The lowest BCUT2D eigenvalue weighted by Crippen LogP contribution is -2.43. The van der Waals surface area contributed by atoms with Crippen molar-refractivity contribution in [3.63, 3.8) is 0 Å². The normalized spacial score (nSPS) is 21.8. The van der Waals surface area contributed by atoms with Crippen molar-refractivity contribution in [3.8, 4) is 17.1 Å². The molecule has 0 radical (unpaired) electrons. The molecule has 3 aliphatic rings. The minimum atomic E-state index is -1.75. The third-order valence-electron chi connectivity index (χ3n) is 8.46. The van der Waals surface area contributed by atoms with Gasteiger partial charge in [-0.3, -0.25) is 14.4 Å². The summed E-state index contributed by atoms with van der Waals surface area (Å²) in [6, 6.07) is 2.53. The number of aliphatic hydroxyl groups is 2. The standard InChI is InChI=1S/C29H30FN3O6/c1-4-29(38)17-10-21-26-16(12-33(21)28(37)14(17)6-8-22(29)35)25-19(31-23(36)9-13(2)34)7-5-15-24(25)20(32-26)11-18(30)27(15)39-3/h10-11,13,19,34,38H,4-9,12H2,1-3H3,(H,31,36)/t13-,19?,29-/m0/s1. The van der Waals surface area contributed by atoms with E-state index in [-0.39, 0.29) is 55.2 Å². The Hall–Kier alpha value is -3.63. The first-order valence-corrected chi connectivity index (χ1v) is 13.3. The molecule has 3 atom stereocenters. The largest absolute Gasteiger partial charge is 0.493 e. The predicted octanol–water partition coefficient (Wildman–Crippen LogP) is 2.56. The highest BCUT2D eigenvalue weighted by atomic mass is 19.1. The van der Waals surface area contributed by atoms with Crippen LogP contribution < -0.4 is 15.6 Å². The molecule has 1 unspecified atom stereocenters. The van der Waals surface area contributed by atoms with Gasteiger partial charge in [0, 0.05) is 40.1 Å². The first kappa shape index (κ1) is 25.6. The van der Waals surface area contributed by atoms with Crippen molar-refractivity contribution in [1.29, 1.82) is 0 Å². The maximum atomic E-state index is 15.1. The summed E-state index contributed by atoms with van der Waals surface area (Å²) < 4.78 is 22.1. The van der Waals surface area contributed by atoms with Gasteiger partial charge in [0.05, 0.1) is 49.1 Å². The number of nitrogens with zero attached hydrogens (tertiary/aromatic N) is 2. The van der Waals surface area contributed by atoms with Crippen LogP contribution in [-0.2, 0) is 34.6 Å². The van der Waals surface area contributed by atoms with Crippen molar-refractivity contribution in [2.45, 2.75) is 76.7 Å². The molecule has 1 aromatic carbocycles. The Balaban J connectivity index is 1.62. The Kier molecular flexibility index (Phi) is 5.89. The number of methoxy groups -OCH3 is 1. The van der Waals surface area contributed by atoms with Crippen LogP contribution in [-0.4, -0.2) is 44.7 Å². The summed E-state index contributed by atoms with van der Waals surface area (Å²) in [5, 5.41) is 24.7. The second-order valence-corrected chi connectivity index (χ2v) is 10.8. The van der Waals surface area contributed by atoms with Crippen LogP contribution in [0.15, 0.2) is 16.9 Å². The van der Waals surface area contributed by atoms with Crippen LogP contribution in [0, 0.1) is 5.82 Å². The molecule has 3 N–H and O–H groups in total. The number of halogens is 1. The molecule has 9 nitrogen and oxygen atoms in total. The van der Waals surface area contributed by atoms with E-state index in [1.807, 2.05) is 0 Å². The average Bonchev–Trinajstić information content (AvgIpc) is 3.26. The third kappa shape index (κ3) is 3.65. The molecule has 0 saturated heterocycles. The van der Waals surface area contributed by atoms with E-state index in [9.17, 15) is 24.6 Å². The molecule has 3 heterocycles. The number of pyridine rings is 2. The SMILES string of the molecule is CC[C@@]1(O)C(=O)CCc2c1cc1n(c2=O)Cc2c-1nc1cc(F)c(OC)c3c1c2C(NC(=O)C[C@H](C)O)CC3. The molecule has 6 rings (SSSR count). The van der Waals surface area contributed by atoms with E-state index in [0.717, 1.165) is 11.1 Å². The van der Waals surface area contributed by atoms with Crippen LogP contribution in [0.25, 0.3) is 22.3 Å². The van der Waals surface area contributed by atoms with Crippen molar-refractivity contribution in [2.75, 3.05) is 7.11 Å². The molecule has 2 aromatic heterocycles. The Bertz CT molecular complexity index is 1640. The number of amides is 1. The number of ketones is 1. The third-order valence-corrected chi connectivity index (χ3v) is 8.46. The molecule has 10 heteroatoms. The van der Waals surface area contributed by atoms with Crippen LogP contribution in [0.4, 0.5) is 4.39 Å². The topological polar surface area (TPSA) is 131 Å². The van der Waals surface area contributed by atoms with Gasteiger partial charge in [0.15, 0.2) is 17.3 Å². The van der Waals surface area contributed by atoms with Crippen LogP contribution in [0.2, 0.25) is 0 Å². The Morgan fingerprint density at radius 2 is 2.03 bits per heavy atom. The van der Waals surface area contributed by atoms with Gasteiger partial charge in [0.2, 0.25) is 5.91 Å². The summed E-state index contributed by atoms with van der Waals surface area (Å²) >= 11 is 0. The van der Waals surface area contributed by atoms with E-state index < -0.39 is 23.6 Å². The highest BCUT2D eigenvalue weighted by molar-refractivity contribution is 5.95. The van der Waals surface area contributed by atoms with Crippen molar-refractivity contribution in [2.24, 2.45) is 0 Å². The molecule has 0 saturated carbocycles. The number of benzene rings is 1. The average molecular weight is 536 g/mol. The van der Waals surface area contributed by atoms with E-state index >= 15 is 4.39 Å². The molecule has 0 spiro atoms. The second kappa shape index (κ2) is 8.96. The first-order chi connectivity index (χ1) is 18.6. The molecule has 204 valence electrons. The molecule has 1 aliphatic heterocycles. The fourth-order valence-corrected chi connectivity index (χ4v) is 6.63. The Morgan fingerprint density at radius 3 is 2.72 bits per heavy atom. The van der Waals surface area contributed by atoms with Crippen molar-refractivity contribution < 1.29 is 28.9 Å². The maximum absolute atomic E-state index is 15.1. The van der Waals surface area contributed by atoms with Gasteiger partial charge in [-0.05, 0) is 44.2 Å². The number of hydrogen-bond acceptors (Lipinski definition) is 7. The second-order valence-electron chi connectivity index (χ2n) is 10.8. The van der Waals surface area contributed by atoms with E-state index in [1.165, 1.54) is 13.2 Å². The summed E-state index contributed by atoms with van der Waals surface area (Å²) in [5.74, 6) is -1.06. The van der Waals surface area contributed by atoms with Gasteiger partial charge in [-0.25, -0.2) is 9.37 Å². The number of aromatic nitrogens is 2. The molecule has 2 aliphatic carbocycles. The van der Waals surface area contributed by atoms with E-state index in [0.29, 0.717) is 51.8 Å². The van der Waals surface area contributed by atoms with Gasteiger partial charge in [0.25, 0.3) is 5.56 Å². The van der Waals surface area contributed by atoms with Crippen LogP contribution in [0.1, 0.15) is 73.4 Å². The first-order valence-electron chi connectivity index (χ1n) is 13.3. The summed E-state index contributed by atoms with van der Waals surface area (Å²) in [4.78, 5) is 44.0. The van der Waals surface area contributed by atoms with Gasteiger partial charge in [-0.1, -0.05) is 6.92 Å². The number of Topliss-reactive ketones (excluding diaryl/α,β-unsaturated/α-hetero) is 1. The molecule has 0 bridgehead atoms. The Morgan fingerprint density at radius 1 is 1.26 bits per heavy atom. The lowest BCUT2D eigenvalue weighted by molar-refractivity contribution is -0.140. The molecular weight excluding hydrogens is 505 g/mol. The number of carbonyl (C=O) groups is 2. The lowest BCUT2D eigenvalue weighted by atomic mass is 9.77. The molecular formula is C29H30FN3O6. The van der Waals surface area contributed by atoms with E-state index in [4.69, 9.17) is 9.72 Å². The predicted molar refractivity (Wildman–Crippen MR) is 140 cm³/mol. The van der Waals surface area contributed by atoms with Crippen LogP contribution in [0.5, 0.6) is 5.75 Å². The fraction of sp³-hybridized carbons (Fsp3) is 0.448. The number of aliphatic hydroxyl groups excluding tert-OH is 1. The van der Waals surface area contributed by atoms with Crippen LogP contribution >= 0.6 is 0 Å². The van der Waals surface area contributed by atoms with E-state index in [2.05, 4.69) is 5.32 Å². The summed E-state index contributed by atoms with van der Waals surface area (Å²) in [6.45, 7) is 3.44. The molecule has 39 heavy (non-hydrogen) atoms. The van der Waals surface area contributed by atoms with Crippen molar-refractivity contribution >= 4 is 22.6 Å². The highest BCUT2D eigenvalue weighted by Gasteiger charge is 2.44. The number of nitrogens with one attached hydrogen (secondary N) is 1. The number of hydrogen-bond donors (Lipinski definition) is 3. The summed E-state index contributed by atoms with van der Waals surface area (Å²) in [7, 11) is 1.41. The number of aryl methyl sites for hydroxylation is 1. The van der Waals surface area contributed by atoms with Crippen molar-refractivity contribution in [1.82, 2.24) is 14.9 Å². The zero-order chi connectivity index (χ0) is 27.8. The number of ether oxygens (including phenoxy) is 1. The smallest absolute Gasteiger partial charge is 0.254 e. The van der Waals surface area contributed by atoms with Gasteiger partial charge in [-0.15, -0.1) is 0 Å². The Labute approximate surface area is 223 Å². The zero-order valence-corrected chi connectivity index (χ0v) is 22.1. The van der Waals surface area contributed by atoms with Crippen molar-refractivity contribution in [3.05, 3.63) is 56.1 Å². The van der Waals surface area contributed by atoms with Gasteiger partial charge < -0.3 is 24.8 Å². The summed E-state index contributed by atoms with van der Waals surface area (Å²) in [5.41, 5.74) is 2.10. The quantitative estimate of drug-likeness (QED) is 0.358. The molecule has 0 fully saturated rings. The highest BCUT2D eigenvalue weighted by Crippen LogP contribution is 2.47. The van der Waals surface area contributed by atoms with Crippen LogP contribution in [0.3, 0.4) is 0 Å². The molecule has 3 aromatic rings. The summed E-state index contributed by atoms with van der Waals surface area (Å²) in [6.07, 6.45) is 0.504. The van der Waals surface area contributed by atoms with E-state index in [1.54, 1.807) is 24.5 Å². The molecule has 1 amide bonds. The van der Waals surface area contributed by atoms with Gasteiger partial charge in [-0.2, -0.15) is 0 Å². The number of fused-ring (bicyclic) bond motifs is 5. The lowest BCUT2D eigenvalue weighted by Gasteiger charge is -2.32. The maximum Gasteiger partial charge on any atom is 0.254 e. The minimum Gasteiger partial charge on any atom is -0.493 e. The fourth-order valence-electron chi connectivity index (χ4n) is 6.63. The van der Waals surface area contributed by atoms with Gasteiger partial charge in [0.1, 0.15) is 5.60 Å². The minimum absolute atomic E-state index is 0.0669. The van der Waals surface area contributed by atoms with Gasteiger partial charge >= 0.3 is 0 Å². The zero-order valence-electron chi connectivity index (χ0n) is 22.1. The monoisotopic (exact) mass is 535 g/mol. The number of carbonyl (C=O) groups excluding carboxylic acids is 2. The number of rotatable bonds is 5.